The van der Waals surface area contributed by atoms with Gasteiger partial charge in [-0.2, -0.15) is 0 Å². The fourth-order valence-corrected chi connectivity index (χ4v) is 1.67. The number of aromatic nitrogens is 2. The molecule has 0 aliphatic heterocycles. The Kier molecular flexibility index (Phi) is 3.41. The molecule has 0 unspecified atom stereocenters. The van der Waals surface area contributed by atoms with Crippen molar-refractivity contribution < 1.29 is 9.13 Å². The molecule has 0 saturated heterocycles. The minimum atomic E-state index is -0.305. The normalized spacial score (nSPS) is 10.4. The monoisotopic (exact) mass is 248 g/mol. The highest BCUT2D eigenvalue weighted by Crippen LogP contribution is 2.09. The van der Waals surface area contributed by atoms with Gasteiger partial charge in [0, 0.05) is 11.8 Å². The summed E-state index contributed by atoms with van der Waals surface area (Å²) in [5.74, 6) is -0.305. The van der Waals surface area contributed by atoms with Crippen LogP contribution in [0.2, 0.25) is 0 Å². The van der Waals surface area contributed by atoms with Crippen LogP contribution in [-0.4, -0.2) is 16.7 Å². The lowest BCUT2D eigenvalue weighted by atomic mass is 10.2. The third-order valence-electron chi connectivity index (χ3n) is 2.54. The van der Waals surface area contributed by atoms with Gasteiger partial charge in [0.05, 0.1) is 13.7 Å². The van der Waals surface area contributed by atoms with E-state index < -0.39 is 0 Å². The van der Waals surface area contributed by atoms with Crippen molar-refractivity contribution in [1.29, 1.82) is 0 Å². The van der Waals surface area contributed by atoms with Crippen LogP contribution in [0, 0.1) is 12.7 Å². The number of ether oxygens (including phenoxy) is 1. The first-order chi connectivity index (χ1) is 8.60. The lowest BCUT2D eigenvalue weighted by Crippen LogP contribution is -2.23. The zero-order valence-electron chi connectivity index (χ0n) is 10.2. The smallest absolute Gasteiger partial charge is 0.299 e. The fourth-order valence-electron chi connectivity index (χ4n) is 1.67. The Balaban J connectivity index is 2.39. The van der Waals surface area contributed by atoms with Gasteiger partial charge < -0.3 is 4.74 Å². The van der Waals surface area contributed by atoms with E-state index in [-0.39, 0.29) is 17.4 Å². The van der Waals surface area contributed by atoms with Crippen molar-refractivity contribution >= 4 is 0 Å². The Morgan fingerprint density at radius 1 is 1.33 bits per heavy atom. The molecule has 2 aromatic rings. The van der Waals surface area contributed by atoms with Crippen LogP contribution in [0.1, 0.15) is 11.3 Å². The molecule has 0 spiro atoms. The molecule has 0 aliphatic rings. The van der Waals surface area contributed by atoms with Gasteiger partial charge >= 0.3 is 0 Å². The Morgan fingerprint density at radius 3 is 2.61 bits per heavy atom. The predicted octanol–water partition coefficient (Wildman–Crippen LogP) is 1.75. The van der Waals surface area contributed by atoms with Crippen molar-refractivity contribution in [3.8, 4) is 6.01 Å². The summed E-state index contributed by atoms with van der Waals surface area (Å²) in [6, 6.07) is 7.65. The summed E-state index contributed by atoms with van der Waals surface area (Å²) in [5, 5.41) is 0. The van der Waals surface area contributed by atoms with Gasteiger partial charge in [0.15, 0.2) is 0 Å². The van der Waals surface area contributed by atoms with Crippen molar-refractivity contribution in [3.05, 3.63) is 57.8 Å². The molecule has 1 aromatic carbocycles. The van der Waals surface area contributed by atoms with Gasteiger partial charge in [0.25, 0.3) is 11.6 Å². The summed E-state index contributed by atoms with van der Waals surface area (Å²) in [7, 11) is 1.46. The molecule has 5 heteroatoms. The molecule has 1 aromatic heterocycles. The highest BCUT2D eigenvalue weighted by molar-refractivity contribution is 5.18. The molecule has 2 rings (SSSR count). The van der Waals surface area contributed by atoms with E-state index in [1.165, 1.54) is 29.9 Å². The van der Waals surface area contributed by atoms with Crippen LogP contribution in [0.4, 0.5) is 4.39 Å². The number of aryl methyl sites for hydroxylation is 1. The minimum Gasteiger partial charge on any atom is -0.468 e. The van der Waals surface area contributed by atoms with E-state index in [9.17, 15) is 9.18 Å². The van der Waals surface area contributed by atoms with Crippen LogP contribution in [0.25, 0.3) is 0 Å². The van der Waals surface area contributed by atoms with Crippen molar-refractivity contribution in [3.63, 3.8) is 0 Å². The minimum absolute atomic E-state index is 0.191. The third-order valence-corrected chi connectivity index (χ3v) is 2.54. The molecule has 4 nitrogen and oxygen atoms in total. The van der Waals surface area contributed by atoms with Crippen molar-refractivity contribution in [2.45, 2.75) is 13.5 Å². The largest absolute Gasteiger partial charge is 0.468 e. The van der Waals surface area contributed by atoms with Gasteiger partial charge in [-0.3, -0.25) is 9.36 Å². The second-order valence-electron chi connectivity index (χ2n) is 3.94. The average molecular weight is 248 g/mol. The van der Waals surface area contributed by atoms with E-state index in [1.54, 1.807) is 19.1 Å². The maximum atomic E-state index is 12.8. The molecule has 1 heterocycles. The van der Waals surface area contributed by atoms with E-state index in [2.05, 4.69) is 4.98 Å². The summed E-state index contributed by atoms with van der Waals surface area (Å²) in [4.78, 5) is 16.0. The molecular formula is C13H13FN2O2. The Bertz CT molecular complexity index is 605. The van der Waals surface area contributed by atoms with Gasteiger partial charge in [0.2, 0.25) is 0 Å². The van der Waals surface area contributed by atoms with Gasteiger partial charge in [-0.25, -0.2) is 9.37 Å². The number of rotatable bonds is 3. The molecule has 0 aliphatic carbocycles. The van der Waals surface area contributed by atoms with Crippen molar-refractivity contribution in [2.75, 3.05) is 7.11 Å². The first-order valence-corrected chi connectivity index (χ1v) is 5.47. The van der Waals surface area contributed by atoms with E-state index in [4.69, 9.17) is 4.74 Å². The Hall–Kier alpha value is -2.17. The summed E-state index contributed by atoms with van der Waals surface area (Å²) in [6.07, 6.45) is 0. The highest BCUT2D eigenvalue weighted by Gasteiger charge is 2.07. The molecular weight excluding hydrogens is 235 g/mol. The molecule has 0 atom stereocenters. The number of hydrogen-bond acceptors (Lipinski definition) is 3. The summed E-state index contributed by atoms with van der Waals surface area (Å²) in [5.41, 5.74) is 1.22. The predicted molar refractivity (Wildman–Crippen MR) is 65.3 cm³/mol. The Morgan fingerprint density at radius 2 is 2.00 bits per heavy atom. The van der Waals surface area contributed by atoms with Crippen LogP contribution < -0.4 is 10.3 Å². The van der Waals surface area contributed by atoms with Crippen molar-refractivity contribution in [1.82, 2.24) is 9.55 Å². The molecule has 0 fully saturated rings. The molecule has 0 N–H and O–H groups in total. The van der Waals surface area contributed by atoms with E-state index >= 15 is 0 Å². The first-order valence-electron chi connectivity index (χ1n) is 5.47. The number of methoxy groups -OCH3 is 1. The van der Waals surface area contributed by atoms with Crippen LogP contribution in [0.5, 0.6) is 6.01 Å². The standard InChI is InChI=1S/C13H13FN2O2/c1-9-7-12(17)16(13(15-9)18-2)8-10-3-5-11(14)6-4-10/h3-7H,8H2,1-2H3. The molecule has 0 amide bonds. The van der Waals surface area contributed by atoms with Gasteiger partial charge in [0.1, 0.15) is 5.82 Å². The van der Waals surface area contributed by atoms with Crippen LogP contribution in [0.3, 0.4) is 0 Å². The number of halogens is 1. The maximum absolute atomic E-state index is 12.8. The van der Waals surface area contributed by atoms with Crippen molar-refractivity contribution in [2.24, 2.45) is 0 Å². The lowest BCUT2D eigenvalue weighted by molar-refractivity contribution is 0.350. The van der Waals surface area contributed by atoms with Gasteiger partial charge in [-0.1, -0.05) is 12.1 Å². The topological polar surface area (TPSA) is 44.1 Å². The van der Waals surface area contributed by atoms with E-state index in [0.717, 1.165) is 5.56 Å². The average Bonchev–Trinajstić information content (AvgIpc) is 2.34. The number of hydrogen-bond donors (Lipinski definition) is 0. The number of benzene rings is 1. The summed E-state index contributed by atoms with van der Waals surface area (Å²) in [6.45, 7) is 2.03. The third kappa shape index (κ3) is 2.56. The van der Waals surface area contributed by atoms with E-state index in [0.29, 0.717) is 12.2 Å². The Labute approximate surface area is 104 Å². The molecule has 94 valence electrons. The van der Waals surface area contributed by atoms with Crippen LogP contribution in [-0.2, 0) is 6.54 Å². The molecule has 0 bridgehead atoms. The van der Waals surface area contributed by atoms with Gasteiger partial charge in [-0.05, 0) is 24.6 Å². The lowest BCUT2D eigenvalue weighted by Gasteiger charge is -2.10. The number of nitrogens with zero attached hydrogens (tertiary/aromatic N) is 2. The summed E-state index contributed by atoms with van der Waals surface area (Å²) >= 11 is 0. The first kappa shape index (κ1) is 12.3. The zero-order valence-corrected chi connectivity index (χ0v) is 10.2. The zero-order chi connectivity index (χ0) is 13.1. The second kappa shape index (κ2) is 5.00. The molecule has 18 heavy (non-hydrogen) atoms. The highest BCUT2D eigenvalue weighted by atomic mass is 19.1. The van der Waals surface area contributed by atoms with E-state index in [1.807, 2.05) is 0 Å². The van der Waals surface area contributed by atoms with Crippen LogP contribution >= 0.6 is 0 Å². The molecule has 0 radical (unpaired) electrons. The SMILES string of the molecule is COc1nc(C)cc(=O)n1Cc1ccc(F)cc1. The van der Waals surface area contributed by atoms with Crippen LogP contribution in [0.15, 0.2) is 35.1 Å². The quantitative estimate of drug-likeness (QED) is 0.831. The fraction of sp³-hybridized carbons (Fsp3) is 0.231. The van der Waals surface area contributed by atoms with Gasteiger partial charge in [-0.15, -0.1) is 0 Å². The molecule has 0 saturated carbocycles. The maximum Gasteiger partial charge on any atom is 0.299 e. The second-order valence-corrected chi connectivity index (χ2v) is 3.94. The summed E-state index contributed by atoms with van der Waals surface area (Å²) < 4.78 is 19.3.